The molecule has 1 amide bonds. The minimum Gasteiger partial charge on any atom is -0.454 e. The number of ether oxygens (including phenoxy) is 1. The number of carbonyl (C=O) groups excluding carboxylic acids is 2. The fourth-order valence-electron chi connectivity index (χ4n) is 3.23. The molecule has 0 radical (unpaired) electrons. The van der Waals surface area contributed by atoms with Gasteiger partial charge in [0.15, 0.2) is 6.61 Å². The summed E-state index contributed by atoms with van der Waals surface area (Å²) in [7, 11) is -4.02. The van der Waals surface area contributed by atoms with Crippen molar-refractivity contribution in [2.45, 2.75) is 37.3 Å². The van der Waals surface area contributed by atoms with Gasteiger partial charge in [0.2, 0.25) is 10.0 Å². The number of rotatable bonds is 6. The quantitative estimate of drug-likeness (QED) is 0.671. The first kappa shape index (κ1) is 21.9. The number of aliphatic hydroxyl groups excluding tert-OH is 1. The first-order valence-electron chi connectivity index (χ1n) is 9.47. The van der Waals surface area contributed by atoms with E-state index in [9.17, 15) is 23.1 Å². The van der Waals surface area contributed by atoms with E-state index < -0.39 is 40.7 Å². The monoisotopic (exact) mass is 432 g/mol. The summed E-state index contributed by atoms with van der Waals surface area (Å²) in [6.07, 6.45) is -1.09. The molecule has 0 bridgehead atoms. The van der Waals surface area contributed by atoms with Gasteiger partial charge in [0.25, 0.3) is 5.91 Å². The normalized spacial score (nSPS) is 19.4. The Labute approximate surface area is 175 Å². The molecule has 0 spiro atoms. The van der Waals surface area contributed by atoms with Crippen molar-refractivity contribution in [3.05, 3.63) is 59.7 Å². The van der Waals surface area contributed by atoms with Gasteiger partial charge in [-0.1, -0.05) is 24.3 Å². The Balaban J connectivity index is 1.69. The first-order chi connectivity index (χ1) is 14.2. The number of nitrogens with zero attached hydrogens (tertiary/aromatic N) is 1. The second kappa shape index (κ2) is 8.95. The number of benzene rings is 2. The molecule has 3 rings (SSSR count). The summed E-state index contributed by atoms with van der Waals surface area (Å²) in [4.78, 5) is 24.6. The summed E-state index contributed by atoms with van der Waals surface area (Å²) in [5.74, 6) is -1.42. The van der Waals surface area contributed by atoms with Crippen molar-refractivity contribution < 1.29 is 27.9 Å². The molecule has 2 N–H and O–H groups in total. The predicted molar refractivity (Wildman–Crippen MR) is 110 cm³/mol. The minimum absolute atomic E-state index is 0.0410. The number of hydrogen-bond donors (Lipinski definition) is 2. The van der Waals surface area contributed by atoms with E-state index in [2.05, 4.69) is 5.32 Å². The number of sulfonamides is 1. The lowest BCUT2D eigenvalue weighted by Gasteiger charge is -2.22. The maximum atomic E-state index is 13.1. The zero-order valence-electron chi connectivity index (χ0n) is 16.7. The van der Waals surface area contributed by atoms with E-state index in [-0.39, 0.29) is 17.9 Å². The Bertz CT molecular complexity index is 1040. The Morgan fingerprint density at radius 2 is 1.83 bits per heavy atom. The molecule has 30 heavy (non-hydrogen) atoms. The molecule has 2 aromatic carbocycles. The van der Waals surface area contributed by atoms with Crippen molar-refractivity contribution in [1.29, 1.82) is 0 Å². The highest BCUT2D eigenvalue weighted by molar-refractivity contribution is 7.89. The van der Waals surface area contributed by atoms with Gasteiger partial charge in [-0.2, -0.15) is 4.31 Å². The van der Waals surface area contributed by atoms with E-state index in [4.69, 9.17) is 4.74 Å². The summed E-state index contributed by atoms with van der Waals surface area (Å²) < 4.78 is 32.1. The molecular weight excluding hydrogens is 408 g/mol. The summed E-state index contributed by atoms with van der Waals surface area (Å²) in [5, 5.41) is 12.6. The van der Waals surface area contributed by atoms with Crippen LogP contribution in [0.5, 0.6) is 0 Å². The Morgan fingerprint density at radius 3 is 2.50 bits per heavy atom. The number of esters is 1. The average molecular weight is 432 g/mol. The van der Waals surface area contributed by atoms with Crippen LogP contribution in [-0.2, 0) is 24.3 Å². The van der Waals surface area contributed by atoms with Crippen LogP contribution in [0.2, 0.25) is 0 Å². The highest BCUT2D eigenvalue weighted by Crippen LogP contribution is 2.28. The van der Waals surface area contributed by atoms with Crippen LogP contribution in [-0.4, -0.2) is 55.0 Å². The second-order valence-electron chi connectivity index (χ2n) is 7.25. The van der Waals surface area contributed by atoms with Crippen molar-refractivity contribution in [2.24, 2.45) is 0 Å². The lowest BCUT2D eigenvalue weighted by molar-refractivity contribution is -0.150. The number of hydrogen-bond acceptors (Lipinski definition) is 6. The van der Waals surface area contributed by atoms with E-state index in [1.807, 2.05) is 6.92 Å². The molecule has 8 nitrogen and oxygen atoms in total. The number of aryl methyl sites for hydroxylation is 2. The molecule has 0 aliphatic carbocycles. The largest absolute Gasteiger partial charge is 0.454 e. The first-order valence-corrected chi connectivity index (χ1v) is 10.9. The zero-order valence-corrected chi connectivity index (χ0v) is 17.6. The van der Waals surface area contributed by atoms with Gasteiger partial charge in [-0.15, -0.1) is 0 Å². The van der Waals surface area contributed by atoms with Crippen LogP contribution >= 0.6 is 0 Å². The fraction of sp³-hybridized carbons (Fsp3) is 0.333. The SMILES string of the molecule is Cc1ccc(S(=O)(=O)N2CC(O)CC2C(=O)OCC(=O)Nc2ccccc2)cc1C. The minimum atomic E-state index is -4.02. The third-order valence-corrected chi connectivity index (χ3v) is 6.86. The molecule has 1 saturated heterocycles. The molecule has 0 saturated carbocycles. The van der Waals surface area contributed by atoms with Crippen LogP contribution in [0.15, 0.2) is 53.4 Å². The molecule has 0 aromatic heterocycles. The van der Waals surface area contributed by atoms with E-state index in [1.165, 1.54) is 12.1 Å². The van der Waals surface area contributed by atoms with E-state index >= 15 is 0 Å². The van der Waals surface area contributed by atoms with Gasteiger partial charge in [0, 0.05) is 18.7 Å². The van der Waals surface area contributed by atoms with Gasteiger partial charge in [-0.3, -0.25) is 9.59 Å². The molecule has 1 aliphatic heterocycles. The number of aliphatic hydroxyl groups is 1. The molecule has 2 atom stereocenters. The van der Waals surface area contributed by atoms with E-state index in [1.54, 1.807) is 43.3 Å². The number of para-hydroxylation sites is 1. The highest BCUT2D eigenvalue weighted by Gasteiger charge is 2.44. The summed E-state index contributed by atoms with van der Waals surface area (Å²) >= 11 is 0. The molecule has 2 unspecified atom stereocenters. The molecular formula is C21H24N2O6S. The second-order valence-corrected chi connectivity index (χ2v) is 9.14. The topological polar surface area (TPSA) is 113 Å². The Kier molecular flexibility index (Phi) is 6.55. The van der Waals surface area contributed by atoms with Crippen molar-refractivity contribution in [3.8, 4) is 0 Å². The van der Waals surface area contributed by atoms with Crippen molar-refractivity contribution in [3.63, 3.8) is 0 Å². The number of anilines is 1. The van der Waals surface area contributed by atoms with E-state index in [0.29, 0.717) is 5.69 Å². The van der Waals surface area contributed by atoms with Crippen molar-refractivity contribution in [1.82, 2.24) is 4.31 Å². The van der Waals surface area contributed by atoms with Gasteiger partial charge in [-0.25, -0.2) is 8.42 Å². The Hall–Kier alpha value is -2.75. The van der Waals surface area contributed by atoms with Crippen LogP contribution in [0.1, 0.15) is 17.5 Å². The predicted octanol–water partition coefficient (Wildman–Crippen LogP) is 1.61. The molecule has 160 valence electrons. The van der Waals surface area contributed by atoms with E-state index in [0.717, 1.165) is 15.4 Å². The van der Waals surface area contributed by atoms with Gasteiger partial charge >= 0.3 is 5.97 Å². The summed E-state index contributed by atoms with van der Waals surface area (Å²) in [5.41, 5.74) is 2.29. The smallest absolute Gasteiger partial charge is 0.325 e. The molecule has 1 aliphatic rings. The number of amides is 1. The van der Waals surface area contributed by atoms with Gasteiger partial charge in [0.1, 0.15) is 6.04 Å². The third-order valence-electron chi connectivity index (χ3n) is 4.99. The van der Waals surface area contributed by atoms with Crippen LogP contribution in [0.4, 0.5) is 5.69 Å². The highest BCUT2D eigenvalue weighted by atomic mass is 32.2. The Morgan fingerprint density at radius 1 is 1.13 bits per heavy atom. The summed E-state index contributed by atoms with van der Waals surface area (Å²) in [6, 6.07) is 12.2. The van der Waals surface area contributed by atoms with Gasteiger partial charge in [0.05, 0.1) is 11.0 Å². The number of carbonyl (C=O) groups is 2. The number of β-amino-alcohol motifs (C(OH)–C–C–N with tert-alkyl or cyclic N) is 1. The van der Waals surface area contributed by atoms with Crippen LogP contribution < -0.4 is 5.32 Å². The summed E-state index contributed by atoms with van der Waals surface area (Å²) in [6.45, 7) is 2.89. The zero-order chi connectivity index (χ0) is 21.9. The van der Waals surface area contributed by atoms with Gasteiger partial charge < -0.3 is 15.2 Å². The molecule has 1 fully saturated rings. The fourth-order valence-corrected chi connectivity index (χ4v) is 4.94. The van der Waals surface area contributed by atoms with Crippen LogP contribution in [0, 0.1) is 13.8 Å². The lowest BCUT2D eigenvalue weighted by atomic mass is 10.1. The van der Waals surface area contributed by atoms with Gasteiger partial charge in [-0.05, 0) is 49.2 Å². The average Bonchev–Trinajstić information content (AvgIpc) is 3.11. The van der Waals surface area contributed by atoms with Crippen LogP contribution in [0.25, 0.3) is 0 Å². The molecule has 1 heterocycles. The van der Waals surface area contributed by atoms with Crippen molar-refractivity contribution in [2.75, 3.05) is 18.5 Å². The third kappa shape index (κ3) is 4.86. The molecule has 9 heteroatoms. The van der Waals surface area contributed by atoms with Crippen LogP contribution in [0.3, 0.4) is 0 Å². The maximum absolute atomic E-state index is 13.1. The van der Waals surface area contributed by atoms with Crippen molar-refractivity contribution >= 4 is 27.6 Å². The maximum Gasteiger partial charge on any atom is 0.325 e. The standard InChI is InChI=1S/C21H24N2O6S/c1-14-8-9-18(10-15(14)2)30(27,28)23-12-17(24)11-19(23)21(26)29-13-20(25)22-16-6-4-3-5-7-16/h3-10,17,19,24H,11-13H2,1-2H3,(H,22,25). The lowest BCUT2D eigenvalue weighted by Crippen LogP contribution is -2.42. The number of nitrogens with one attached hydrogen (secondary N) is 1. The molecule has 2 aromatic rings.